The molecule has 0 spiro atoms. The fourth-order valence-electron chi connectivity index (χ4n) is 1.22. The Balaban J connectivity index is 2.40. The number of esters is 1. The molecule has 7 heteroatoms. The van der Waals surface area contributed by atoms with Crippen LogP contribution in [0.5, 0.6) is 0 Å². The fraction of sp³-hybridized carbons (Fsp3) is 0.667. The first-order valence-electron chi connectivity index (χ1n) is 6.12. The van der Waals surface area contributed by atoms with E-state index in [1.807, 2.05) is 20.8 Å². The highest BCUT2D eigenvalue weighted by molar-refractivity contribution is 6.32. The topological polar surface area (TPSA) is 94.3 Å². The Labute approximate surface area is 111 Å². The van der Waals surface area contributed by atoms with Crippen LogP contribution in [0.1, 0.15) is 39.4 Å². The van der Waals surface area contributed by atoms with E-state index in [9.17, 15) is 9.59 Å². The van der Waals surface area contributed by atoms with Gasteiger partial charge in [0.15, 0.2) is 5.82 Å². The average Bonchev–Trinajstić information content (AvgIpc) is 2.77. The van der Waals surface area contributed by atoms with Gasteiger partial charge in [-0.15, -0.1) is 0 Å². The molecule has 0 atom stereocenters. The SMILES string of the molecule is CCOC(=O)C(=O)NCCc1noc(C(C)(C)C)n1. The van der Waals surface area contributed by atoms with Crippen LogP contribution in [-0.4, -0.2) is 35.2 Å². The minimum atomic E-state index is -0.883. The van der Waals surface area contributed by atoms with E-state index in [1.54, 1.807) is 6.92 Å². The van der Waals surface area contributed by atoms with Crippen LogP contribution in [-0.2, 0) is 26.2 Å². The Morgan fingerprint density at radius 2 is 2.05 bits per heavy atom. The predicted molar refractivity (Wildman–Crippen MR) is 66.3 cm³/mol. The quantitative estimate of drug-likeness (QED) is 0.635. The van der Waals surface area contributed by atoms with Crippen LogP contribution in [0.25, 0.3) is 0 Å². The van der Waals surface area contributed by atoms with Gasteiger partial charge in [-0.2, -0.15) is 4.98 Å². The van der Waals surface area contributed by atoms with E-state index in [1.165, 1.54) is 0 Å². The Kier molecular flexibility index (Phi) is 5.02. The molecular formula is C12H19N3O4. The summed E-state index contributed by atoms with van der Waals surface area (Å²) in [5.74, 6) is -0.610. The first kappa shape index (κ1) is 15.1. The van der Waals surface area contributed by atoms with E-state index >= 15 is 0 Å². The second kappa shape index (κ2) is 6.31. The summed E-state index contributed by atoms with van der Waals surface area (Å²) in [4.78, 5) is 26.5. The molecule has 7 nitrogen and oxygen atoms in total. The lowest BCUT2D eigenvalue weighted by molar-refractivity contribution is -0.154. The lowest BCUT2D eigenvalue weighted by Crippen LogP contribution is -2.34. The molecule has 1 aromatic heterocycles. The lowest BCUT2D eigenvalue weighted by Gasteiger charge is -2.10. The largest absolute Gasteiger partial charge is 0.459 e. The average molecular weight is 269 g/mol. The lowest BCUT2D eigenvalue weighted by atomic mass is 9.97. The van der Waals surface area contributed by atoms with Gasteiger partial charge in [0.05, 0.1) is 6.61 Å². The van der Waals surface area contributed by atoms with Crippen molar-refractivity contribution >= 4 is 11.9 Å². The van der Waals surface area contributed by atoms with Gasteiger partial charge in [-0.1, -0.05) is 25.9 Å². The van der Waals surface area contributed by atoms with E-state index in [0.717, 1.165) is 0 Å². The molecule has 0 saturated heterocycles. The number of amides is 1. The molecule has 106 valence electrons. The van der Waals surface area contributed by atoms with Crippen molar-refractivity contribution in [2.45, 2.75) is 39.5 Å². The van der Waals surface area contributed by atoms with Gasteiger partial charge < -0.3 is 14.6 Å². The van der Waals surface area contributed by atoms with Gasteiger partial charge in [-0.3, -0.25) is 4.79 Å². The summed E-state index contributed by atoms with van der Waals surface area (Å²) in [5.41, 5.74) is -0.209. The monoisotopic (exact) mass is 269 g/mol. The van der Waals surface area contributed by atoms with Gasteiger partial charge in [0, 0.05) is 18.4 Å². The summed E-state index contributed by atoms with van der Waals surface area (Å²) in [7, 11) is 0. The Morgan fingerprint density at radius 1 is 1.37 bits per heavy atom. The number of ether oxygens (including phenoxy) is 1. The van der Waals surface area contributed by atoms with E-state index in [2.05, 4.69) is 20.2 Å². The van der Waals surface area contributed by atoms with Gasteiger partial charge in [0.2, 0.25) is 5.89 Å². The molecule has 1 rings (SSSR count). The third-order valence-electron chi connectivity index (χ3n) is 2.20. The zero-order valence-corrected chi connectivity index (χ0v) is 11.6. The number of nitrogens with one attached hydrogen (secondary N) is 1. The van der Waals surface area contributed by atoms with Crippen molar-refractivity contribution < 1.29 is 18.8 Å². The molecule has 0 unspecified atom stereocenters. The highest BCUT2D eigenvalue weighted by Gasteiger charge is 2.21. The Morgan fingerprint density at radius 3 is 2.58 bits per heavy atom. The highest BCUT2D eigenvalue weighted by Crippen LogP contribution is 2.19. The fourth-order valence-corrected chi connectivity index (χ4v) is 1.22. The van der Waals surface area contributed by atoms with Crippen molar-refractivity contribution in [3.8, 4) is 0 Å². The smallest absolute Gasteiger partial charge is 0.396 e. The number of aromatic nitrogens is 2. The number of hydrogen-bond acceptors (Lipinski definition) is 6. The van der Waals surface area contributed by atoms with Crippen LogP contribution in [0.2, 0.25) is 0 Å². The van der Waals surface area contributed by atoms with E-state index < -0.39 is 11.9 Å². The zero-order chi connectivity index (χ0) is 14.5. The summed E-state index contributed by atoms with van der Waals surface area (Å²) in [6.07, 6.45) is 0.394. The Bertz CT molecular complexity index is 448. The van der Waals surface area contributed by atoms with Crippen molar-refractivity contribution in [3.63, 3.8) is 0 Å². The summed E-state index contributed by atoms with van der Waals surface area (Å²) < 4.78 is 9.66. The number of nitrogens with zero attached hydrogens (tertiary/aromatic N) is 2. The maximum atomic E-state index is 11.2. The van der Waals surface area contributed by atoms with Crippen LogP contribution in [0.15, 0.2) is 4.52 Å². The molecule has 0 bridgehead atoms. The molecule has 1 N–H and O–H groups in total. The second-order valence-corrected chi connectivity index (χ2v) is 4.99. The molecular weight excluding hydrogens is 250 g/mol. The van der Waals surface area contributed by atoms with Crippen molar-refractivity contribution in [2.24, 2.45) is 0 Å². The summed E-state index contributed by atoms with van der Waals surface area (Å²) in [5, 5.41) is 6.24. The van der Waals surface area contributed by atoms with Crippen LogP contribution in [0.4, 0.5) is 0 Å². The normalized spacial score (nSPS) is 11.2. The van der Waals surface area contributed by atoms with Crippen LogP contribution >= 0.6 is 0 Å². The van der Waals surface area contributed by atoms with E-state index in [-0.39, 0.29) is 18.6 Å². The molecule has 1 heterocycles. The molecule has 1 amide bonds. The third-order valence-corrected chi connectivity index (χ3v) is 2.20. The third kappa shape index (κ3) is 4.69. The molecule has 0 fully saturated rings. The van der Waals surface area contributed by atoms with Crippen LogP contribution in [0.3, 0.4) is 0 Å². The van der Waals surface area contributed by atoms with Gasteiger partial charge in [-0.25, -0.2) is 4.79 Å². The van der Waals surface area contributed by atoms with Crippen LogP contribution in [0, 0.1) is 0 Å². The van der Waals surface area contributed by atoms with Crippen molar-refractivity contribution in [1.82, 2.24) is 15.5 Å². The molecule has 0 aliphatic rings. The molecule has 1 aromatic rings. The summed E-state index contributed by atoms with van der Waals surface area (Å²) in [6.45, 7) is 7.96. The molecule has 0 aliphatic carbocycles. The minimum Gasteiger partial charge on any atom is -0.459 e. The van der Waals surface area contributed by atoms with Gasteiger partial charge in [0.25, 0.3) is 0 Å². The number of hydrogen-bond donors (Lipinski definition) is 1. The highest BCUT2D eigenvalue weighted by atomic mass is 16.5. The predicted octanol–water partition coefficient (Wildman–Crippen LogP) is 0.589. The number of carbonyl (C=O) groups excluding carboxylic acids is 2. The molecule has 19 heavy (non-hydrogen) atoms. The van der Waals surface area contributed by atoms with E-state index in [0.29, 0.717) is 18.1 Å². The molecule has 0 aliphatic heterocycles. The minimum absolute atomic E-state index is 0.173. The maximum absolute atomic E-state index is 11.2. The standard InChI is InChI=1S/C12H19N3O4/c1-5-18-10(17)9(16)13-7-6-8-14-11(19-15-8)12(2,3)4/h5-7H2,1-4H3,(H,13,16). The second-order valence-electron chi connectivity index (χ2n) is 4.99. The van der Waals surface area contributed by atoms with Crippen molar-refractivity contribution in [1.29, 1.82) is 0 Å². The molecule has 0 saturated carbocycles. The summed E-state index contributed by atoms with van der Waals surface area (Å²) >= 11 is 0. The number of carbonyl (C=O) groups is 2. The van der Waals surface area contributed by atoms with E-state index in [4.69, 9.17) is 4.52 Å². The Hall–Kier alpha value is -1.92. The van der Waals surface area contributed by atoms with Crippen LogP contribution < -0.4 is 5.32 Å². The van der Waals surface area contributed by atoms with Gasteiger partial charge in [0.1, 0.15) is 0 Å². The summed E-state index contributed by atoms with van der Waals surface area (Å²) in [6, 6.07) is 0. The van der Waals surface area contributed by atoms with Gasteiger partial charge >= 0.3 is 11.9 Å². The van der Waals surface area contributed by atoms with Crippen molar-refractivity contribution in [2.75, 3.05) is 13.2 Å². The molecule has 0 aromatic carbocycles. The maximum Gasteiger partial charge on any atom is 0.396 e. The van der Waals surface area contributed by atoms with Gasteiger partial charge in [-0.05, 0) is 6.92 Å². The first-order chi connectivity index (χ1) is 8.84. The molecule has 0 radical (unpaired) electrons. The first-order valence-corrected chi connectivity index (χ1v) is 6.12. The number of rotatable bonds is 4. The zero-order valence-electron chi connectivity index (χ0n) is 11.6. The van der Waals surface area contributed by atoms with Crippen molar-refractivity contribution in [3.05, 3.63) is 11.7 Å².